The quantitative estimate of drug-likeness (QED) is 0.782. The maximum atomic E-state index is 10.7. The van der Waals surface area contributed by atoms with Gasteiger partial charge in [-0.25, -0.2) is 0 Å². The third-order valence-electron chi connectivity index (χ3n) is 3.57. The molecule has 86 valence electrons. The Kier molecular flexibility index (Phi) is 3.26. The van der Waals surface area contributed by atoms with E-state index in [4.69, 9.17) is 5.11 Å². The summed E-state index contributed by atoms with van der Waals surface area (Å²) in [6, 6.07) is 0. The maximum absolute atomic E-state index is 10.7. The summed E-state index contributed by atoms with van der Waals surface area (Å²) in [4.78, 5) is 13.1. The van der Waals surface area contributed by atoms with E-state index in [0.717, 1.165) is 25.1 Å². The summed E-state index contributed by atoms with van der Waals surface area (Å²) >= 11 is 2.07. The molecule has 2 aliphatic rings. The average molecular weight is 229 g/mol. The highest BCUT2D eigenvalue weighted by molar-refractivity contribution is 8.00. The number of aliphatic carboxylic acids is 1. The van der Waals surface area contributed by atoms with Gasteiger partial charge >= 0.3 is 5.97 Å². The monoisotopic (exact) mass is 229 g/mol. The van der Waals surface area contributed by atoms with E-state index in [9.17, 15) is 4.79 Å². The van der Waals surface area contributed by atoms with Crippen LogP contribution in [-0.4, -0.2) is 46.6 Å². The lowest BCUT2D eigenvalue weighted by atomic mass is 9.88. The number of thioether (sulfide) groups is 1. The lowest BCUT2D eigenvalue weighted by Crippen LogP contribution is -2.35. The van der Waals surface area contributed by atoms with Crippen LogP contribution in [0.1, 0.15) is 25.7 Å². The largest absolute Gasteiger partial charge is 0.481 e. The molecule has 2 aliphatic heterocycles. The molecular weight excluding hydrogens is 210 g/mol. The first kappa shape index (κ1) is 11.3. The van der Waals surface area contributed by atoms with Crippen LogP contribution in [-0.2, 0) is 4.79 Å². The second kappa shape index (κ2) is 4.34. The van der Waals surface area contributed by atoms with Crippen molar-refractivity contribution in [2.75, 3.05) is 25.9 Å². The van der Waals surface area contributed by atoms with Crippen molar-refractivity contribution in [1.29, 1.82) is 0 Å². The van der Waals surface area contributed by atoms with Crippen LogP contribution in [0.4, 0.5) is 0 Å². The first-order chi connectivity index (χ1) is 7.10. The molecule has 1 N–H and O–H groups in total. The van der Waals surface area contributed by atoms with Crippen molar-refractivity contribution in [1.82, 2.24) is 4.90 Å². The van der Waals surface area contributed by atoms with Crippen LogP contribution in [0.25, 0.3) is 0 Å². The van der Waals surface area contributed by atoms with Crippen molar-refractivity contribution in [2.45, 2.75) is 30.4 Å². The molecular formula is C11H19NO2S. The zero-order chi connectivity index (χ0) is 10.9. The smallest absolute Gasteiger partial charge is 0.303 e. The molecule has 0 radical (unpaired) electrons. The number of carbonyl (C=O) groups is 1. The van der Waals surface area contributed by atoms with Crippen molar-refractivity contribution in [3.05, 3.63) is 0 Å². The second-order valence-electron chi connectivity index (χ2n) is 4.98. The molecule has 1 spiro atoms. The molecule has 2 rings (SSSR count). The van der Waals surface area contributed by atoms with Crippen LogP contribution < -0.4 is 0 Å². The fraction of sp³-hybridized carbons (Fsp3) is 0.909. The first-order valence-electron chi connectivity index (χ1n) is 5.64. The van der Waals surface area contributed by atoms with Crippen molar-refractivity contribution >= 4 is 17.7 Å². The molecule has 0 aliphatic carbocycles. The van der Waals surface area contributed by atoms with Crippen molar-refractivity contribution in [3.8, 4) is 0 Å². The van der Waals surface area contributed by atoms with Crippen molar-refractivity contribution in [3.63, 3.8) is 0 Å². The topological polar surface area (TPSA) is 40.5 Å². The summed E-state index contributed by atoms with van der Waals surface area (Å²) in [5.41, 5.74) is 0. The van der Waals surface area contributed by atoms with E-state index in [0.29, 0.717) is 17.1 Å². The number of carboxylic acid groups (broad SMARTS) is 1. The predicted molar refractivity (Wildman–Crippen MR) is 62.3 cm³/mol. The highest BCUT2D eigenvalue weighted by Crippen LogP contribution is 2.45. The fourth-order valence-electron chi connectivity index (χ4n) is 2.88. The Balaban J connectivity index is 1.94. The molecule has 2 saturated heterocycles. The summed E-state index contributed by atoms with van der Waals surface area (Å²) in [5, 5.41) is 8.83. The fourth-order valence-corrected chi connectivity index (χ4v) is 4.66. The van der Waals surface area contributed by atoms with Crippen LogP contribution in [0.15, 0.2) is 0 Å². The van der Waals surface area contributed by atoms with E-state index < -0.39 is 5.97 Å². The Morgan fingerprint density at radius 3 is 3.07 bits per heavy atom. The normalized spacial score (nSPS) is 37.3. The molecule has 0 amide bonds. The summed E-state index contributed by atoms with van der Waals surface area (Å²) in [6.07, 6.45) is 3.80. The number of nitrogens with zero attached hydrogens (tertiary/aromatic N) is 1. The number of carboxylic acids is 1. The molecule has 15 heavy (non-hydrogen) atoms. The van der Waals surface area contributed by atoms with Gasteiger partial charge in [0.2, 0.25) is 0 Å². The third kappa shape index (κ3) is 2.67. The van der Waals surface area contributed by atoms with Crippen LogP contribution in [0, 0.1) is 5.92 Å². The minimum Gasteiger partial charge on any atom is -0.481 e. The average Bonchev–Trinajstić information content (AvgIpc) is 2.46. The standard InChI is InChI=1S/C11H19NO2S/c1-12-4-3-11(8-12)7-9(2-5-15-11)6-10(13)14/h9H,2-8H2,1H3,(H,13,14). The Labute approximate surface area is 95.2 Å². The molecule has 2 fully saturated rings. The highest BCUT2D eigenvalue weighted by Gasteiger charge is 2.41. The van der Waals surface area contributed by atoms with Gasteiger partial charge in [0.1, 0.15) is 0 Å². The minimum absolute atomic E-state index is 0.367. The zero-order valence-corrected chi connectivity index (χ0v) is 10.1. The zero-order valence-electron chi connectivity index (χ0n) is 9.24. The van der Waals surface area contributed by atoms with Gasteiger partial charge < -0.3 is 10.0 Å². The Bertz CT molecular complexity index is 255. The lowest BCUT2D eigenvalue weighted by Gasteiger charge is -2.37. The lowest BCUT2D eigenvalue weighted by molar-refractivity contribution is -0.138. The number of hydrogen-bond acceptors (Lipinski definition) is 3. The van der Waals surface area contributed by atoms with E-state index in [-0.39, 0.29) is 0 Å². The van der Waals surface area contributed by atoms with Gasteiger partial charge in [0, 0.05) is 17.7 Å². The molecule has 0 aromatic rings. The molecule has 2 heterocycles. The molecule has 0 aromatic heterocycles. The van der Waals surface area contributed by atoms with Crippen molar-refractivity contribution in [2.24, 2.45) is 5.92 Å². The second-order valence-corrected chi connectivity index (χ2v) is 6.54. The molecule has 3 nitrogen and oxygen atoms in total. The van der Waals surface area contributed by atoms with Gasteiger partial charge in [0.05, 0.1) is 0 Å². The molecule has 2 atom stereocenters. The van der Waals surface area contributed by atoms with E-state index in [1.807, 2.05) is 0 Å². The minimum atomic E-state index is -0.631. The van der Waals surface area contributed by atoms with Gasteiger partial charge in [0.25, 0.3) is 0 Å². The van der Waals surface area contributed by atoms with Gasteiger partial charge in [-0.05, 0) is 44.5 Å². The SMILES string of the molecule is CN1CCC2(CC(CC(=O)O)CCS2)C1. The maximum Gasteiger partial charge on any atom is 0.303 e. The van der Waals surface area contributed by atoms with Gasteiger partial charge in [-0.3, -0.25) is 4.79 Å². The number of hydrogen-bond donors (Lipinski definition) is 1. The van der Waals surface area contributed by atoms with Gasteiger partial charge in [-0.1, -0.05) is 0 Å². The molecule has 0 bridgehead atoms. The predicted octanol–water partition coefficient (Wildman–Crippen LogP) is 1.68. The Morgan fingerprint density at radius 2 is 2.47 bits per heavy atom. The van der Waals surface area contributed by atoms with Crippen LogP contribution in [0.5, 0.6) is 0 Å². The van der Waals surface area contributed by atoms with Gasteiger partial charge in [-0.15, -0.1) is 0 Å². The third-order valence-corrected chi connectivity index (χ3v) is 5.12. The number of likely N-dealkylation sites (tertiary alicyclic amines) is 1. The summed E-state index contributed by atoms with van der Waals surface area (Å²) < 4.78 is 0.382. The number of rotatable bonds is 2. The summed E-state index contributed by atoms with van der Waals surface area (Å²) in [6.45, 7) is 2.32. The van der Waals surface area contributed by atoms with Crippen LogP contribution in [0.3, 0.4) is 0 Å². The van der Waals surface area contributed by atoms with Gasteiger partial charge in [0.15, 0.2) is 0 Å². The van der Waals surface area contributed by atoms with E-state index >= 15 is 0 Å². The Hall–Kier alpha value is -0.220. The van der Waals surface area contributed by atoms with E-state index in [1.165, 1.54) is 13.0 Å². The van der Waals surface area contributed by atoms with E-state index in [1.54, 1.807) is 0 Å². The van der Waals surface area contributed by atoms with Gasteiger partial charge in [-0.2, -0.15) is 11.8 Å². The van der Waals surface area contributed by atoms with Crippen LogP contribution >= 0.6 is 11.8 Å². The summed E-state index contributed by atoms with van der Waals surface area (Å²) in [5.74, 6) is 0.926. The molecule has 4 heteroatoms. The first-order valence-corrected chi connectivity index (χ1v) is 6.62. The van der Waals surface area contributed by atoms with Crippen molar-refractivity contribution < 1.29 is 9.90 Å². The van der Waals surface area contributed by atoms with E-state index in [2.05, 4.69) is 23.7 Å². The summed E-state index contributed by atoms with van der Waals surface area (Å²) in [7, 11) is 2.16. The Morgan fingerprint density at radius 1 is 1.67 bits per heavy atom. The molecule has 0 aromatic carbocycles. The highest BCUT2D eigenvalue weighted by atomic mass is 32.2. The van der Waals surface area contributed by atoms with Crippen LogP contribution in [0.2, 0.25) is 0 Å². The molecule has 2 unspecified atom stereocenters. The molecule has 0 saturated carbocycles.